The fourth-order valence-electron chi connectivity index (χ4n) is 2.51. The van der Waals surface area contributed by atoms with Crippen LogP contribution < -0.4 is 15.4 Å². The predicted octanol–water partition coefficient (Wildman–Crippen LogP) is 2.11. The van der Waals surface area contributed by atoms with E-state index >= 15 is 0 Å². The Morgan fingerprint density at radius 1 is 1.15 bits per heavy atom. The highest BCUT2D eigenvalue weighted by Crippen LogP contribution is 2.26. The lowest BCUT2D eigenvalue weighted by atomic mass is 10.1. The van der Waals surface area contributed by atoms with Gasteiger partial charge in [0.15, 0.2) is 0 Å². The molecule has 0 spiro atoms. The molecule has 0 aliphatic carbocycles. The first-order valence-corrected chi connectivity index (χ1v) is 6.85. The molecule has 1 aliphatic heterocycles. The average Bonchev–Trinajstić information content (AvgIpc) is 2.50. The predicted molar refractivity (Wildman–Crippen MR) is 78.7 cm³/mol. The van der Waals surface area contributed by atoms with Crippen molar-refractivity contribution < 1.29 is 4.74 Å². The van der Waals surface area contributed by atoms with Gasteiger partial charge in [0.25, 0.3) is 0 Å². The van der Waals surface area contributed by atoms with E-state index in [9.17, 15) is 0 Å². The smallest absolute Gasteiger partial charge is 0.232 e. The van der Waals surface area contributed by atoms with E-state index in [2.05, 4.69) is 20.9 Å². The molecule has 1 saturated heterocycles. The third-order valence-corrected chi connectivity index (χ3v) is 3.55. The van der Waals surface area contributed by atoms with Gasteiger partial charge >= 0.3 is 0 Å². The molecule has 2 N–H and O–H groups in total. The number of anilines is 2. The molecule has 1 aliphatic rings. The molecule has 1 aromatic carbocycles. The van der Waals surface area contributed by atoms with Crippen LogP contribution in [0.4, 0.5) is 11.4 Å². The van der Waals surface area contributed by atoms with Crippen LogP contribution in [-0.2, 0) is 0 Å². The van der Waals surface area contributed by atoms with Gasteiger partial charge in [0.2, 0.25) is 5.88 Å². The number of hydrogen-bond donors (Lipinski definition) is 1. The number of ether oxygens (including phenoxy) is 1. The maximum absolute atomic E-state index is 6.02. The van der Waals surface area contributed by atoms with Crippen LogP contribution in [0.2, 0.25) is 0 Å². The first-order valence-electron chi connectivity index (χ1n) is 6.85. The van der Waals surface area contributed by atoms with Gasteiger partial charge in [0.1, 0.15) is 6.10 Å². The molecule has 5 heteroatoms. The Hall–Kier alpha value is -2.30. The van der Waals surface area contributed by atoms with Crippen molar-refractivity contribution >= 4 is 11.4 Å². The molecule has 0 unspecified atom stereocenters. The van der Waals surface area contributed by atoms with E-state index < -0.39 is 0 Å². The summed E-state index contributed by atoms with van der Waals surface area (Å²) in [4.78, 5) is 10.5. The van der Waals surface area contributed by atoms with Gasteiger partial charge in [-0.25, -0.2) is 4.98 Å². The molecule has 0 amide bonds. The highest BCUT2D eigenvalue weighted by molar-refractivity contribution is 5.67. The largest absolute Gasteiger partial charge is 0.473 e. The first-order chi connectivity index (χ1) is 9.83. The van der Waals surface area contributed by atoms with Crippen molar-refractivity contribution in [2.24, 2.45) is 0 Å². The Balaban J connectivity index is 1.59. The Morgan fingerprint density at radius 3 is 2.65 bits per heavy atom. The topological polar surface area (TPSA) is 64.3 Å². The zero-order chi connectivity index (χ0) is 13.8. The van der Waals surface area contributed by atoms with Gasteiger partial charge in [-0.15, -0.1) is 0 Å². The van der Waals surface area contributed by atoms with Gasteiger partial charge in [-0.2, -0.15) is 0 Å². The fourth-order valence-corrected chi connectivity index (χ4v) is 2.51. The van der Waals surface area contributed by atoms with E-state index in [1.807, 2.05) is 18.2 Å². The molecule has 1 fully saturated rings. The van der Waals surface area contributed by atoms with E-state index in [0.29, 0.717) is 5.88 Å². The van der Waals surface area contributed by atoms with Gasteiger partial charge in [-0.05, 0) is 12.1 Å². The summed E-state index contributed by atoms with van der Waals surface area (Å²) in [6.07, 6.45) is 7.08. The maximum atomic E-state index is 6.02. The van der Waals surface area contributed by atoms with Gasteiger partial charge in [0, 0.05) is 38.3 Å². The van der Waals surface area contributed by atoms with E-state index in [0.717, 1.165) is 37.3 Å². The van der Waals surface area contributed by atoms with E-state index in [1.54, 1.807) is 18.6 Å². The van der Waals surface area contributed by atoms with E-state index in [4.69, 9.17) is 10.5 Å². The second-order valence-electron chi connectivity index (χ2n) is 4.91. The maximum Gasteiger partial charge on any atom is 0.232 e. The minimum Gasteiger partial charge on any atom is -0.473 e. The molecule has 1 aromatic heterocycles. The lowest BCUT2D eigenvalue weighted by molar-refractivity contribution is 0.163. The Kier molecular flexibility index (Phi) is 3.67. The number of nitrogens with two attached hydrogens (primary N) is 1. The van der Waals surface area contributed by atoms with Crippen molar-refractivity contribution in [3.05, 3.63) is 42.9 Å². The van der Waals surface area contributed by atoms with Crippen molar-refractivity contribution in [2.75, 3.05) is 23.7 Å². The monoisotopic (exact) mass is 270 g/mol. The summed E-state index contributed by atoms with van der Waals surface area (Å²) in [5.41, 5.74) is 7.97. The third kappa shape index (κ3) is 2.82. The molecule has 5 nitrogen and oxygen atoms in total. The van der Waals surface area contributed by atoms with Gasteiger partial charge in [-0.1, -0.05) is 12.1 Å². The second-order valence-corrected chi connectivity index (χ2v) is 4.91. The summed E-state index contributed by atoms with van der Waals surface area (Å²) in [6, 6.07) is 7.99. The number of hydrogen-bond acceptors (Lipinski definition) is 5. The number of rotatable bonds is 3. The molecular weight excluding hydrogens is 252 g/mol. The zero-order valence-electron chi connectivity index (χ0n) is 11.3. The molecule has 104 valence electrons. The number of nitrogen functional groups attached to an aromatic ring is 1. The van der Waals surface area contributed by atoms with Crippen LogP contribution in [0.25, 0.3) is 0 Å². The number of nitrogens with zero attached hydrogens (tertiary/aromatic N) is 3. The van der Waals surface area contributed by atoms with Gasteiger partial charge in [-0.3, -0.25) is 4.98 Å². The molecule has 3 rings (SSSR count). The summed E-state index contributed by atoms with van der Waals surface area (Å²) in [5.74, 6) is 0.602. The van der Waals surface area contributed by atoms with E-state index in [-0.39, 0.29) is 6.10 Å². The average molecular weight is 270 g/mol. The highest BCUT2D eigenvalue weighted by Gasteiger charge is 2.22. The van der Waals surface area contributed by atoms with Crippen LogP contribution in [0.1, 0.15) is 12.8 Å². The first kappa shape index (κ1) is 12.7. The molecule has 2 aromatic rings. The Bertz CT molecular complexity index is 553. The molecule has 0 bridgehead atoms. The zero-order valence-corrected chi connectivity index (χ0v) is 11.3. The van der Waals surface area contributed by atoms with Crippen LogP contribution in [0, 0.1) is 0 Å². The number of piperidine rings is 1. The second kappa shape index (κ2) is 5.77. The Morgan fingerprint density at radius 2 is 1.95 bits per heavy atom. The molecule has 0 radical (unpaired) electrons. The van der Waals surface area contributed by atoms with Crippen molar-refractivity contribution in [1.82, 2.24) is 9.97 Å². The number of benzene rings is 1. The molecule has 20 heavy (non-hydrogen) atoms. The fraction of sp³-hybridized carbons (Fsp3) is 0.333. The van der Waals surface area contributed by atoms with Crippen LogP contribution in [0.3, 0.4) is 0 Å². The van der Waals surface area contributed by atoms with Crippen molar-refractivity contribution in [3.63, 3.8) is 0 Å². The van der Waals surface area contributed by atoms with Gasteiger partial charge in [0.05, 0.1) is 17.6 Å². The lowest BCUT2D eigenvalue weighted by Crippen LogP contribution is -2.38. The SMILES string of the molecule is Nc1ccccc1N1CCC(Oc2cnccn2)CC1. The molecular formula is C15H18N4O. The summed E-state index contributed by atoms with van der Waals surface area (Å²) in [7, 11) is 0. The highest BCUT2D eigenvalue weighted by atomic mass is 16.5. The minimum atomic E-state index is 0.202. The molecule has 0 saturated carbocycles. The van der Waals surface area contributed by atoms with Crippen LogP contribution >= 0.6 is 0 Å². The minimum absolute atomic E-state index is 0.202. The van der Waals surface area contributed by atoms with Crippen molar-refractivity contribution in [2.45, 2.75) is 18.9 Å². The number of para-hydroxylation sites is 2. The van der Waals surface area contributed by atoms with Crippen LogP contribution in [0.15, 0.2) is 42.9 Å². The lowest BCUT2D eigenvalue weighted by Gasteiger charge is -2.34. The molecule has 0 atom stereocenters. The number of aromatic nitrogens is 2. The summed E-state index contributed by atoms with van der Waals surface area (Å²) < 4.78 is 5.84. The summed E-state index contributed by atoms with van der Waals surface area (Å²) in [6.45, 7) is 1.89. The summed E-state index contributed by atoms with van der Waals surface area (Å²) >= 11 is 0. The quantitative estimate of drug-likeness (QED) is 0.865. The third-order valence-electron chi connectivity index (χ3n) is 3.55. The van der Waals surface area contributed by atoms with Crippen molar-refractivity contribution in [3.8, 4) is 5.88 Å². The van der Waals surface area contributed by atoms with E-state index in [1.165, 1.54) is 0 Å². The van der Waals surface area contributed by atoms with Gasteiger partial charge < -0.3 is 15.4 Å². The summed E-state index contributed by atoms with van der Waals surface area (Å²) in [5, 5.41) is 0. The standard InChI is InChI=1S/C15H18N4O/c16-13-3-1-2-4-14(13)19-9-5-12(6-10-19)20-15-11-17-7-8-18-15/h1-4,7-8,11-12H,5-6,9-10,16H2. The van der Waals surface area contributed by atoms with Crippen LogP contribution in [0.5, 0.6) is 5.88 Å². The Labute approximate surface area is 118 Å². The molecule has 2 heterocycles. The van der Waals surface area contributed by atoms with Crippen molar-refractivity contribution in [1.29, 1.82) is 0 Å². The van der Waals surface area contributed by atoms with Crippen LogP contribution in [-0.4, -0.2) is 29.2 Å². The normalized spacial score (nSPS) is 16.1.